The number of halogens is 4. The fourth-order valence-electron chi connectivity index (χ4n) is 4.54. The maximum Gasteiger partial charge on any atom is 0.416 e. The molecular formula is C26H21F4N5O2. The molecule has 1 aliphatic heterocycles. The van der Waals surface area contributed by atoms with E-state index in [1.165, 1.54) is 13.2 Å². The van der Waals surface area contributed by atoms with Gasteiger partial charge in [0, 0.05) is 29.8 Å². The fourth-order valence-corrected chi connectivity index (χ4v) is 4.54. The monoisotopic (exact) mass is 511 g/mol. The van der Waals surface area contributed by atoms with Gasteiger partial charge in [-0.3, -0.25) is 9.48 Å². The molecule has 1 aliphatic carbocycles. The normalized spacial score (nSPS) is 18.3. The maximum atomic E-state index is 15.0. The van der Waals surface area contributed by atoms with Crippen LogP contribution < -0.4 is 5.56 Å². The minimum Gasteiger partial charge on any atom is -0.369 e. The second kappa shape index (κ2) is 8.62. The van der Waals surface area contributed by atoms with Crippen LogP contribution in [0.3, 0.4) is 0 Å². The molecule has 4 heterocycles. The lowest BCUT2D eigenvalue weighted by molar-refractivity contribution is -0.137. The summed E-state index contributed by atoms with van der Waals surface area (Å²) in [5, 5.41) is 8.92. The Balaban J connectivity index is 1.49. The molecule has 0 radical (unpaired) electrons. The van der Waals surface area contributed by atoms with Crippen molar-refractivity contribution in [3.63, 3.8) is 0 Å². The molecule has 7 nitrogen and oxygen atoms in total. The molecule has 190 valence electrons. The molecule has 0 saturated heterocycles. The lowest BCUT2D eigenvalue weighted by Gasteiger charge is -2.22. The first-order chi connectivity index (χ1) is 17.7. The van der Waals surface area contributed by atoms with E-state index in [1.54, 1.807) is 12.3 Å². The Morgan fingerprint density at radius 3 is 2.62 bits per heavy atom. The predicted octanol–water partition coefficient (Wildman–Crippen LogP) is 5.23. The number of fused-ring (bicyclic) bond motifs is 1. The highest BCUT2D eigenvalue weighted by atomic mass is 19.4. The molecule has 1 atom stereocenters. The number of benzene rings is 1. The lowest BCUT2D eigenvalue weighted by atomic mass is 9.98. The maximum absolute atomic E-state index is 15.0. The van der Waals surface area contributed by atoms with Gasteiger partial charge in [-0.1, -0.05) is 0 Å². The fraction of sp³-hybridized carbons (Fsp3) is 0.308. The van der Waals surface area contributed by atoms with Gasteiger partial charge in [-0.2, -0.15) is 23.4 Å². The smallest absolute Gasteiger partial charge is 0.369 e. The van der Waals surface area contributed by atoms with E-state index in [0.29, 0.717) is 30.8 Å². The molecule has 1 aromatic carbocycles. The highest BCUT2D eigenvalue weighted by molar-refractivity contribution is 5.95. The molecular weight excluding hydrogens is 490 g/mol. The van der Waals surface area contributed by atoms with Crippen LogP contribution in [-0.4, -0.2) is 31.2 Å². The SMILES string of the molecule is Cn1ncc2c(-c3ccc(C(F)(F)F)cc3F)nc(C3=C[C@H](c4cnn(C5CC5)c4)OCC3)cc2c1=O. The van der Waals surface area contributed by atoms with Crippen molar-refractivity contribution in [2.24, 2.45) is 7.05 Å². The Morgan fingerprint density at radius 1 is 1.08 bits per heavy atom. The van der Waals surface area contributed by atoms with Gasteiger partial charge in [0.15, 0.2) is 0 Å². The molecule has 4 aromatic rings. The van der Waals surface area contributed by atoms with Crippen LogP contribution in [0.1, 0.15) is 48.2 Å². The highest BCUT2D eigenvalue weighted by Gasteiger charge is 2.32. The molecule has 0 spiro atoms. The number of nitrogens with zero attached hydrogens (tertiary/aromatic N) is 5. The van der Waals surface area contributed by atoms with Crippen molar-refractivity contribution in [2.75, 3.05) is 6.61 Å². The van der Waals surface area contributed by atoms with Gasteiger partial charge in [-0.15, -0.1) is 0 Å². The zero-order valence-corrected chi connectivity index (χ0v) is 19.7. The van der Waals surface area contributed by atoms with E-state index >= 15 is 4.39 Å². The lowest BCUT2D eigenvalue weighted by Crippen LogP contribution is -2.20. The quantitative estimate of drug-likeness (QED) is 0.351. The molecule has 0 N–H and O–H groups in total. The van der Waals surface area contributed by atoms with E-state index in [2.05, 4.69) is 15.2 Å². The zero-order chi connectivity index (χ0) is 25.9. The van der Waals surface area contributed by atoms with Crippen LogP contribution in [0.5, 0.6) is 0 Å². The summed E-state index contributed by atoms with van der Waals surface area (Å²) in [6, 6.07) is 4.31. The second-order valence-electron chi connectivity index (χ2n) is 9.30. The number of rotatable bonds is 4. The minimum absolute atomic E-state index is 0.0504. The van der Waals surface area contributed by atoms with E-state index in [9.17, 15) is 18.0 Å². The average molecular weight is 511 g/mol. The van der Waals surface area contributed by atoms with Gasteiger partial charge in [0.25, 0.3) is 5.56 Å². The third-order valence-electron chi connectivity index (χ3n) is 6.72. The van der Waals surface area contributed by atoms with Crippen molar-refractivity contribution in [1.29, 1.82) is 0 Å². The van der Waals surface area contributed by atoms with Crippen molar-refractivity contribution in [3.8, 4) is 11.3 Å². The third kappa shape index (κ3) is 4.33. The summed E-state index contributed by atoms with van der Waals surface area (Å²) >= 11 is 0. The van der Waals surface area contributed by atoms with Crippen molar-refractivity contribution in [2.45, 2.75) is 37.6 Å². The molecule has 1 fully saturated rings. The first-order valence-corrected chi connectivity index (χ1v) is 11.8. The van der Waals surface area contributed by atoms with Gasteiger partial charge in [0.05, 0.1) is 47.4 Å². The number of aryl methyl sites for hydroxylation is 1. The van der Waals surface area contributed by atoms with Crippen LogP contribution in [0.2, 0.25) is 0 Å². The van der Waals surface area contributed by atoms with Crippen molar-refractivity contribution >= 4 is 16.3 Å². The molecule has 3 aromatic heterocycles. The number of hydrogen-bond donors (Lipinski definition) is 0. The number of ether oxygens (including phenoxy) is 1. The van der Waals surface area contributed by atoms with E-state index in [0.717, 1.165) is 40.8 Å². The first-order valence-electron chi connectivity index (χ1n) is 11.8. The Hall–Kier alpha value is -3.86. The summed E-state index contributed by atoms with van der Waals surface area (Å²) in [5.74, 6) is -1.09. The minimum atomic E-state index is -4.69. The molecule has 2 aliphatic rings. The molecule has 0 unspecified atom stereocenters. The number of pyridine rings is 1. The summed E-state index contributed by atoms with van der Waals surface area (Å²) < 4.78 is 63.4. The summed E-state index contributed by atoms with van der Waals surface area (Å²) in [7, 11) is 1.49. The summed E-state index contributed by atoms with van der Waals surface area (Å²) in [6.45, 7) is 0.392. The van der Waals surface area contributed by atoms with Gasteiger partial charge < -0.3 is 4.74 Å². The van der Waals surface area contributed by atoms with Gasteiger partial charge >= 0.3 is 6.18 Å². The van der Waals surface area contributed by atoms with Crippen LogP contribution in [0.4, 0.5) is 17.6 Å². The molecule has 11 heteroatoms. The summed E-state index contributed by atoms with van der Waals surface area (Å²) in [6.07, 6.45) is 4.61. The van der Waals surface area contributed by atoms with Gasteiger partial charge in [0.1, 0.15) is 11.9 Å². The molecule has 6 rings (SSSR count). The van der Waals surface area contributed by atoms with E-state index < -0.39 is 23.1 Å². The number of aromatic nitrogens is 5. The van der Waals surface area contributed by atoms with Crippen LogP contribution in [0.25, 0.3) is 27.6 Å². The first kappa shape index (κ1) is 23.5. The van der Waals surface area contributed by atoms with Crippen LogP contribution in [0.15, 0.2) is 53.7 Å². The molecule has 0 amide bonds. The van der Waals surface area contributed by atoms with Crippen LogP contribution >= 0.6 is 0 Å². The van der Waals surface area contributed by atoms with E-state index in [-0.39, 0.29) is 28.1 Å². The average Bonchev–Trinajstić information content (AvgIpc) is 3.61. The second-order valence-corrected chi connectivity index (χ2v) is 9.30. The van der Waals surface area contributed by atoms with E-state index in [1.807, 2.05) is 17.0 Å². The van der Waals surface area contributed by atoms with Crippen molar-refractivity contribution in [3.05, 3.63) is 81.9 Å². The zero-order valence-electron chi connectivity index (χ0n) is 19.7. The predicted molar refractivity (Wildman–Crippen MR) is 127 cm³/mol. The molecule has 1 saturated carbocycles. The summed E-state index contributed by atoms with van der Waals surface area (Å²) in [5.41, 5.74) is 0.464. The highest BCUT2D eigenvalue weighted by Crippen LogP contribution is 2.38. The topological polar surface area (TPSA) is 74.8 Å². The van der Waals surface area contributed by atoms with Gasteiger partial charge in [0.2, 0.25) is 0 Å². The standard InChI is InChI=1S/C26H21F4N5O2/c1-34-25(36)19-10-22(14-6-7-37-23(8-14)15-11-32-35(13-15)17-3-4-17)33-24(20(19)12-31-34)18-5-2-16(9-21(18)27)26(28,29)30/h2,5,8-13,17,23H,3-4,6-7H2,1H3/t23-/m1/s1. The van der Waals surface area contributed by atoms with Crippen LogP contribution in [-0.2, 0) is 18.0 Å². The largest absolute Gasteiger partial charge is 0.416 e. The van der Waals surface area contributed by atoms with Crippen molar-refractivity contribution < 1.29 is 22.3 Å². The molecule has 37 heavy (non-hydrogen) atoms. The van der Waals surface area contributed by atoms with Gasteiger partial charge in [-0.25, -0.2) is 14.1 Å². The van der Waals surface area contributed by atoms with Crippen LogP contribution in [0, 0.1) is 5.82 Å². The van der Waals surface area contributed by atoms with E-state index in [4.69, 9.17) is 4.74 Å². The van der Waals surface area contributed by atoms with Gasteiger partial charge in [-0.05, 0) is 55.2 Å². The number of alkyl halides is 3. The van der Waals surface area contributed by atoms with Crippen molar-refractivity contribution in [1.82, 2.24) is 24.5 Å². The Morgan fingerprint density at radius 2 is 1.89 bits per heavy atom. The Bertz CT molecular complexity index is 1620. The Labute approximate surface area is 208 Å². The number of hydrogen-bond acceptors (Lipinski definition) is 5. The Kier molecular flexibility index (Phi) is 5.48. The third-order valence-corrected chi connectivity index (χ3v) is 6.72. The molecule has 0 bridgehead atoms. The summed E-state index contributed by atoms with van der Waals surface area (Å²) in [4.78, 5) is 17.6.